The van der Waals surface area contributed by atoms with Crippen molar-refractivity contribution < 1.29 is 8.78 Å². The van der Waals surface area contributed by atoms with Crippen molar-refractivity contribution in [2.75, 3.05) is 19.6 Å². The van der Waals surface area contributed by atoms with Gasteiger partial charge in [-0.2, -0.15) is 0 Å². The van der Waals surface area contributed by atoms with E-state index in [1.807, 2.05) is 0 Å². The summed E-state index contributed by atoms with van der Waals surface area (Å²) in [6.45, 7) is 3.40. The molecular formula is C16H22F2N2. The van der Waals surface area contributed by atoms with Crippen molar-refractivity contribution in [3.63, 3.8) is 0 Å². The van der Waals surface area contributed by atoms with E-state index in [-0.39, 0.29) is 5.56 Å². The van der Waals surface area contributed by atoms with Gasteiger partial charge in [-0.05, 0) is 56.8 Å². The van der Waals surface area contributed by atoms with Gasteiger partial charge in [-0.3, -0.25) is 4.90 Å². The predicted octanol–water partition coefficient (Wildman–Crippen LogP) is 2.93. The van der Waals surface area contributed by atoms with Crippen LogP contribution in [0.2, 0.25) is 0 Å². The second kappa shape index (κ2) is 6.19. The molecule has 2 nitrogen and oxygen atoms in total. The number of halogens is 2. The van der Waals surface area contributed by atoms with Gasteiger partial charge in [0.15, 0.2) is 0 Å². The molecule has 0 amide bonds. The average molecular weight is 280 g/mol. The monoisotopic (exact) mass is 280 g/mol. The van der Waals surface area contributed by atoms with Gasteiger partial charge < -0.3 is 5.32 Å². The van der Waals surface area contributed by atoms with E-state index >= 15 is 0 Å². The van der Waals surface area contributed by atoms with Gasteiger partial charge in [-0.15, -0.1) is 0 Å². The van der Waals surface area contributed by atoms with Crippen LogP contribution >= 0.6 is 0 Å². The summed E-state index contributed by atoms with van der Waals surface area (Å²) < 4.78 is 27.4. The summed E-state index contributed by atoms with van der Waals surface area (Å²) in [5.41, 5.74) is 0.215. The van der Waals surface area contributed by atoms with Crippen molar-refractivity contribution in [2.24, 2.45) is 5.92 Å². The van der Waals surface area contributed by atoms with Gasteiger partial charge in [0, 0.05) is 24.7 Å². The third-order valence-electron chi connectivity index (χ3n) is 4.65. The van der Waals surface area contributed by atoms with E-state index in [1.54, 1.807) is 0 Å². The van der Waals surface area contributed by atoms with Crippen LogP contribution in [0, 0.1) is 17.6 Å². The number of hydrogen-bond acceptors (Lipinski definition) is 2. The number of rotatable bonds is 3. The molecule has 2 aliphatic rings. The highest BCUT2D eigenvalue weighted by Gasteiger charge is 2.29. The molecule has 20 heavy (non-hydrogen) atoms. The Labute approximate surface area is 119 Å². The maximum absolute atomic E-state index is 13.7. The molecular weight excluding hydrogens is 258 g/mol. The zero-order valence-corrected chi connectivity index (χ0v) is 11.7. The van der Waals surface area contributed by atoms with Gasteiger partial charge in [0.05, 0.1) is 0 Å². The SMILES string of the molecule is Fc1cccc(F)c1CN1CCCC(C2CCCN2)C1. The number of piperidine rings is 1. The van der Waals surface area contributed by atoms with Crippen LogP contribution in [0.4, 0.5) is 8.78 Å². The third kappa shape index (κ3) is 3.01. The molecule has 110 valence electrons. The highest BCUT2D eigenvalue weighted by Crippen LogP contribution is 2.26. The Morgan fingerprint density at radius 1 is 1.15 bits per heavy atom. The molecule has 1 aromatic carbocycles. The summed E-state index contributed by atoms with van der Waals surface area (Å²) in [6.07, 6.45) is 4.85. The predicted molar refractivity (Wildman–Crippen MR) is 75.4 cm³/mol. The number of likely N-dealkylation sites (tertiary alicyclic amines) is 1. The lowest BCUT2D eigenvalue weighted by Gasteiger charge is -2.36. The molecule has 2 aliphatic heterocycles. The van der Waals surface area contributed by atoms with E-state index in [2.05, 4.69) is 10.2 Å². The number of nitrogens with one attached hydrogen (secondary N) is 1. The second-order valence-corrected chi connectivity index (χ2v) is 6.04. The molecule has 0 spiro atoms. The van der Waals surface area contributed by atoms with E-state index < -0.39 is 11.6 Å². The first-order valence-electron chi connectivity index (χ1n) is 7.62. The largest absolute Gasteiger partial charge is 0.314 e. The lowest BCUT2D eigenvalue weighted by Crippen LogP contribution is -2.43. The van der Waals surface area contributed by atoms with E-state index in [4.69, 9.17) is 0 Å². The number of nitrogens with zero attached hydrogens (tertiary/aromatic N) is 1. The lowest BCUT2D eigenvalue weighted by atomic mass is 9.89. The van der Waals surface area contributed by atoms with Crippen molar-refractivity contribution in [3.05, 3.63) is 35.4 Å². The van der Waals surface area contributed by atoms with Crippen LogP contribution in [0.25, 0.3) is 0 Å². The number of benzene rings is 1. The molecule has 0 bridgehead atoms. The van der Waals surface area contributed by atoms with E-state index in [9.17, 15) is 8.78 Å². The van der Waals surface area contributed by atoms with Crippen LogP contribution in [0.3, 0.4) is 0 Å². The van der Waals surface area contributed by atoms with E-state index in [1.165, 1.54) is 37.5 Å². The summed E-state index contributed by atoms with van der Waals surface area (Å²) in [4.78, 5) is 2.20. The van der Waals surface area contributed by atoms with Crippen LogP contribution in [0.5, 0.6) is 0 Å². The molecule has 2 unspecified atom stereocenters. The normalized spacial score (nSPS) is 27.9. The minimum atomic E-state index is -0.425. The Morgan fingerprint density at radius 2 is 1.95 bits per heavy atom. The molecule has 1 N–H and O–H groups in total. The van der Waals surface area contributed by atoms with Crippen LogP contribution in [-0.4, -0.2) is 30.6 Å². The van der Waals surface area contributed by atoms with Crippen LogP contribution in [0.15, 0.2) is 18.2 Å². The van der Waals surface area contributed by atoms with Gasteiger partial charge in [-0.1, -0.05) is 6.07 Å². The van der Waals surface area contributed by atoms with Gasteiger partial charge in [-0.25, -0.2) is 8.78 Å². The lowest BCUT2D eigenvalue weighted by molar-refractivity contribution is 0.142. The third-order valence-corrected chi connectivity index (χ3v) is 4.65. The van der Waals surface area contributed by atoms with E-state index in [0.717, 1.165) is 26.1 Å². The summed E-state index contributed by atoms with van der Waals surface area (Å²) in [5.74, 6) is -0.224. The zero-order valence-electron chi connectivity index (χ0n) is 11.7. The minimum absolute atomic E-state index is 0.215. The first kappa shape index (κ1) is 14.0. The first-order valence-corrected chi connectivity index (χ1v) is 7.62. The molecule has 0 aliphatic carbocycles. The van der Waals surface area contributed by atoms with Crippen molar-refractivity contribution in [1.29, 1.82) is 0 Å². The smallest absolute Gasteiger partial charge is 0.130 e. The molecule has 3 rings (SSSR count). The Kier molecular flexibility index (Phi) is 4.32. The van der Waals surface area contributed by atoms with Crippen molar-refractivity contribution in [1.82, 2.24) is 10.2 Å². The summed E-state index contributed by atoms with van der Waals surface area (Å²) in [6, 6.07) is 4.72. The van der Waals surface area contributed by atoms with Crippen molar-refractivity contribution in [2.45, 2.75) is 38.3 Å². The quantitative estimate of drug-likeness (QED) is 0.916. The van der Waals surface area contributed by atoms with Crippen LogP contribution in [0.1, 0.15) is 31.2 Å². The molecule has 0 aromatic heterocycles. The fourth-order valence-corrected chi connectivity index (χ4v) is 3.58. The summed E-state index contributed by atoms with van der Waals surface area (Å²) in [5, 5.41) is 3.56. The van der Waals surface area contributed by atoms with Crippen LogP contribution in [-0.2, 0) is 6.54 Å². The topological polar surface area (TPSA) is 15.3 Å². The van der Waals surface area contributed by atoms with Gasteiger partial charge in [0.1, 0.15) is 11.6 Å². The first-order chi connectivity index (χ1) is 9.74. The standard InChI is InChI=1S/C16H22F2N2/c17-14-5-1-6-15(18)13(14)11-20-9-3-4-12(10-20)16-7-2-8-19-16/h1,5-6,12,16,19H,2-4,7-11H2. The molecule has 2 fully saturated rings. The fraction of sp³-hybridized carbons (Fsp3) is 0.625. The molecule has 2 atom stereocenters. The number of hydrogen-bond donors (Lipinski definition) is 1. The Hall–Kier alpha value is -1.00. The zero-order chi connectivity index (χ0) is 13.9. The summed E-state index contributed by atoms with van der Waals surface area (Å²) in [7, 11) is 0. The van der Waals surface area contributed by atoms with Crippen LogP contribution < -0.4 is 5.32 Å². The van der Waals surface area contributed by atoms with Gasteiger partial charge >= 0.3 is 0 Å². The van der Waals surface area contributed by atoms with Crippen molar-refractivity contribution >= 4 is 0 Å². The molecule has 0 radical (unpaired) electrons. The highest BCUT2D eigenvalue weighted by molar-refractivity contribution is 5.19. The molecule has 0 saturated carbocycles. The Morgan fingerprint density at radius 3 is 2.65 bits per heavy atom. The maximum atomic E-state index is 13.7. The minimum Gasteiger partial charge on any atom is -0.314 e. The Bertz CT molecular complexity index is 438. The molecule has 2 saturated heterocycles. The van der Waals surface area contributed by atoms with Gasteiger partial charge in [0.2, 0.25) is 0 Å². The van der Waals surface area contributed by atoms with Gasteiger partial charge in [0.25, 0.3) is 0 Å². The second-order valence-electron chi connectivity index (χ2n) is 6.04. The molecule has 1 aromatic rings. The highest BCUT2D eigenvalue weighted by atomic mass is 19.1. The van der Waals surface area contributed by atoms with E-state index in [0.29, 0.717) is 18.5 Å². The van der Waals surface area contributed by atoms with Crippen molar-refractivity contribution in [3.8, 4) is 0 Å². The maximum Gasteiger partial charge on any atom is 0.130 e. The molecule has 2 heterocycles. The Balaban J connectivity index is 1.65. The average Bonchev–Trinajstić information content (AvgIpc) is 2.98. The summed E-state index contributed by atoms with van der Waals surface area (Å²) >= 11 is 0. The molecule has 4 heteroatoms. The fourth-order valence-electron chi connectivity index (χ4n) is 3.58.